The van der Waals surface area contributed by atoms with Crippen molar-refractivity contribution in [1.29, 1.82) is 0 Å². The maximum absolute atomic E-state index is 13.4. The van der Waals surface area contributed by atoms with Crippen LogP contribution in [-0.4, -0.2) is 17.6 Å². The molecule has 1 atom stereocenters. The number of hydrogen-bond acceptors (Lipinski definition) is 2. The molecule has 0 aromatic heterocycles. The van der Waals surface area contributed by atoms with Gasteiger partial charge in [-0.2, -0.15) is 13.2 Å². The van der Waals surface area contributed by atoms with E-state index in [-0.39, 0.29) is 24.6 Å². The normalized spacial score (nSPS) is 13.1. The van der Waals surface area contributed by atoms with Crippen molar-refractivity contribution in [1.82, 2.24) is 0 Å². The lowest BCUT2D eigenvalue weighted by molar-refractivity contribution is -0.138. The van der Waals surface area contributed by atoms with Crippen molar-refractivity contribution < 1.29 is 27.5 Å². The van der Waals surface area contributed by atoms with E-state index >= 15 is 0 Å². The van der Waals surface area contributed by atoms with Gasteiger partial charge in [-0.1, -0.05) is 6.92 Å². The molecule has 3 nitrogen and oxygen atoms in total. The summed E-state index contributed by atoms with van der Waals surface area (Å²) in [7, 11) is 0. The van der Waals surface area contributed by atoms with Crippen molar-refractivity contribution in [3.05, 3.63) is 29.6 Å². The molecule has 0 fully saturated rings. The smallest absolute Gasteiger partial charge is 0.416 e. The number of nitrogens with one attached hydrogen (secondary N) is 1. The summed E-state index contributed by atoms with van der Waals surface area (Å²) < 4.78 is 50.3. The lowest BCUT2D eigenvalue weighted by Crippen LogP contribution is -2.16. The summed E-state index contributed by atoms with van der Waals surface area (Å²) >= 11 is 0. The van der Waals surface area contributed by atoms with Crippen LogP contribution in [0.3, 0.4) is 0 Å². The van der Waals surface area contributed by atoms with Crippen LogP contribution in [0.15, 0.2) is 18.2 Å². The SMILES string of the molecule is CC(CNc1ccc(C(F)(F)F)cc1F)CC(=O)O. The van der Waals surface area contributed by atoms with Crippen LogP contribution < -0.4 is 5.32 Å². The molecule has 19 heavy (non-hydrogen) atoms. The molecule has 7 heteroatoms. The van der Waals surface area contributed by atoms with Gasteiger partial charge in [0.05, 0.1) is 11.3 Å². The topological polar surface area (TPSA) is 49.3 Å². The van der Waals surface area contributed by atoms with Crippen LogP contribution >= 0.6 is 0 Å². The molecule has 0 bridgehead atoms. The third-order valence-electron chi connectivity index (χ3n) is 2.46. The van der Waals surface area contributed by atoms with Crippen molar-refractivity contribution in [3.8, 4) is 0 Å². The molecule has 0 radical (unpaired) electrons. The monoisotopic (exact) mass is 279 g/mol. The highest BCUT2D eigenvalue weighted by atomic mass is 19.4. The molecule has 0 amide bonds. The van der Waals surface area contributed by atoms with E-state index in [0.717, 1.165) is 12.1 Å². The van der Waals surface area contributed by atoms with Crippen LogP contribution in [-0.2, 0) is 11.0 Å². The Bertz CT molecular complexity index is 460. The maximum Gasteiger partial charge on any atom is 0.416 e. The minimum atomic E-state index is -4.59. The Morgan fingerprint density at radius 1 is 1.42 bits per heavy atom. The molecular weight excluding hydrogens is 266 g/mol. The number of carboxylic acid groups (broad SMARTS) is 1. The van der Waals surface area contributed by atoms with E-state index in [1.165, 1.54) is 0 Å². The van der Waals surface area contributed by atoms with Crippen molar-refractivity contribution >= 4 is 11.7 Å². The van der Waals surface area contributed by atoms with Crippen molar-refractivity contribution in [3.63, 3.8) is 0 Å². The Balaban J connectivity index is 2.68. The van der Waals surface area contributed by atoms with Crippen LogP contribution in [0.4, 0.5) is 23.2 Å². The summed E-state index contributed by atoms with van der Waals surface area (Å²) in [5.41, 5.74) is -1.14. The van der Waals surface area contributed by atoms with Gasteiger partial charge in [-0.3, -0.25) is 4.79 Å². The molecule has 2 N–H and O–H groups in total. The zero-order chi connectivity index (χ0) is 14.6. The number of hydrogen-bond donors (Lipinski definition) is 2. The highest BCUT2D eigenvalue weighted by Gasteiger charge is 2.31. The number of alkyl halides is 3. The molecule has 0 saturated heterocycles. The quantitative estimate of drug-likeness (QED) is 0.812. The Morgan fingerprint density at radius 3 is 2.53 bits per heavy atom. The minimum absolute atomic E-state index is 0.0785. The minimum Gasteiger partial charge on any atom is -0.481 e. The van der Waals surface area contributed by atoms with Gasteiger partial charge in [0, 0.05) is 13.0 Å². The molecule has 0 aliphatic rings. The average molecular weight is 279 g/mol. The molecule has 0 aliphatic heterocycles. The third-order valence-corrected chi connectivity index (χ3v) is 2.46. The summed E-state index contributed by atoms with van der Waals surface area (Å²) in [6, 6.07) is 2.17. The number of benzene rings is 1. The van der Waals surface area contributed by atoms with Crippen LogP contribution in [0.25, 0.3) is 0 Å². The van der Waals surface area contributed by atoms with E-state index in [9.17, 15) is 22.4 Å². The summed E-state index contributed by atoms with van der Waals surface area (Å²) in [5.74, 6) is -2.27. The Kier molecular flexibility index (Phi) is 4.74. The van der Waals surface area contributed by atoms with Gasteiger partial charge in [0.25, 0.3) is 0 Å². The van der Waals surface area contributed by atoms with Gasteiger partial charge in [0.1, 0.15) is 5.82 Å². The molecule has 1 rings (SSSR count). The van der Waals surface area contributed by atoms with Crippen LogP contribution in [0.1, 0.15) is 18.9 Å². The van der Waals surface area contributed by atoms with Gasteiger partial charge in [-0.05, 0) is 24.1 Å². The fourth-order valence-electron chi connectivity index (χ4n) is 1.49. The number of carbonyl (C=O) groups is 1. The van der Waals surface area contributed by atoms with Crippen molar-refractivity contribution in [2.45, 2.75) is 19.5 Å². The van der Waals surface area contributed by atoms with Crippen LogP contribution in [0.5, 0.6) is 0 Å². The summed E-state index contributed by atoms with van der Waals surface area (Å²) in [6.07, 6.45) is -4.69. The zero-order valence-corrected chi connectivity index (χ0v) is 10.1. The summed E-state index contributed by atoms with van der Waals surface area (Å²) in [4.78, 5) is 10.4. The summed E-state index contributed by atoms with van der Waals surface area (Å²) in [5, 5.41) is 11.1. The second kappa shape index (κ2) is 5.90. The number of aliphatic carboxylic acids is 1. The molecule has 1 aromatic carbocycles. The molecular formula is C12H13F4NO2. The molecule has 1 aromatic rings. The molecule has 0 aliphatic carbocycles. The molecule has 0 spiro atoms. The second-order valence-corrected chi connectivity index (χ2v) is 4.28. The van der Waals surface area contributed by atoms with Gasteiger partial charge in [0.15, 0.2) is 0 Å². The highest BCUT2D eigenvalue weighted by molar-refractivity contribution is 5.67. The first-order valence-electron chi connectivity index (χ1n) is 5.52. The largest absolute Gasteiger partial charge is 0.481 e. The Morgan fingerprint density at radius 2 is 2.05 bits per heavy atom. The van der Waals surface area contributed by atoms with Crippen molar-refractivity contribution in [2.24, 2.45) is 5.92 Å². The molecule has 106 valence electrons. The van der Waals surface area contributed by atoms with E-state index in [1.54, 1.807) is 6.92 Å². The van der Waals surface area contributed by atoms with Crippen molar-refractivity contribution in [2.75, 3.05) is 11.9 Å². The second-order valence-electron chi connectivity index (χ2n) is 4.28. The van der Waals surface area contributed by atoms with Gasteiger partial charge in [0.2, 0.25) is 0 Å². The first kappa shape index (κ1) is 15.3. The lowest BCUT2D eigenvalue weighted by Gasteiger charge is -2.13. The van der Waals surface area contributed by atoms with E-state index in [4.69, 9.17) is 5.11 Å². The van der Waals surface area contributed by atoms with E-state index < -0.39 is 23.5 Å². The first-order valence-corrected chi connectivity index (χ1v) is 5.52. The summed E-state index contributed by atoms with van der Waals surface area (Å²) in [6.45, 7) is 1.80. The van der Waals surface area contributed by atoms with E-state index in [2.05, 4.69) is 5.32 Å². The number of anilines is 1. The van der Waals surface area contributed by atoms with Gasteiger partial charge in [-0.25, -0.2) is 4.39 Å². The molecule has 1 unspecified atom stereocenters. The average Bonchev–Trinajstić information content (AvgIpc) is 2.25. The number of rotatable bonds is 5. The predicted molar refractivity (Wildman–Crippen MR) is 61.3 cm³/mol. The van der Waals surface area contributed by atoms with Crippen LogP contribution in [0, 0.1) is 11.7 Å². The van der Waals surface area contributed by atoms with E-state index in [0.29, 0.717) is 6.07 Å². The molecule has 0 heterocycles. The van der Waals surface area contributed by atoms with Gasteiger partial charge >= 0.3 is 12.1 Å². The lowest BCUT2D eigenvalue weighted by atomic mass is 10.1. The molecule has 0 saturated carbocycles. The Labute approximate surface area is 107 Å². The fraction of sp³-hybridized carbons (Fsp3) is 0.417. The predicted octanol–water partition coefficient (Wildman–Crippen LogP) is 3.37. The maximum atomic E-state index is 13.4. The van der Waals surface area contributed by atoms with E-state index in [1.807, 2.05) is 0 Å². The number of halogens is 4. The fourth-order valence-corrected chi connectivity index (χ4v) is 1.49. The third kappa shape index (κ3) is 4.76. The van der Waals surface area contributed by atoms with Crippen LogP contribution in [0.2, 0.25) is 0 Å². The first-order chi connectivity index (χ1) is 8.70. The van der Waals surface area contributed by atoms with Gasteiger partial charge in [-0.15, -0.1) is 0 Å². The standard InChI is InChI=1S/C12H13F4NO2/c1-7(4-11(18)19)6-17-10-3-2-8(5-9(10)13)12(14,15)16/h2-3,5,7,17H,4,6H2,1H3,(H,18,19). The Hall–Kier alpha value is -1.79. The zero-order valence-electron chi connectivity index (χ0n) is 10.1. The highest BCUT2D eigenvalue weighted by Crippen LogP contribution is 2.31. The van der Waals surface area contributed by atoms with Gasteiger partial charge < -0.3 is 10.4 Å². The number of carboxylic acids is 1.